The molecule has 0 radical (unpaired) electrons. The van der Waals surface area contributed by atoms with Crippen LogP contribution < -0.4 is 10.6 Å². The largest absolute Gasteiger partial charge is 0.352 e. The van der Waals surface area contributed by atoms with Crippen LogP contribution >= 0.6 is 35.3 Å². The average Bonchev–Trinajstić information content (AvgIpc) is 3.14. The van der Waals surface area contributed by atoms with E-state index >= 15 is 0 Å². The number of carbonyl (C=O) groups is 1. The molecule has 0 unspecified atom stereocenters. The number of amides is 1. The van der Waals surface area contributed by atoms with Crippen LogP contribution in [-0.2, 0) is 13.1 Å². The number of aryl methyl sites for hydroxylation is 1. The number of nitrogens with zero attached hydrogens (tertiary/aromatic N) is 2. The van der Waals surface area contributed by atoms with E-state index in [1.54, 1.807) is 18.4 Å². The molecule has 2 heterocycles. The zero-order valence-electron chi connectivity index (χ0n) is 16.5. The highest BCUT2D eigenvalue weighted by Crippen LogP contribution is 2.15. The van der Waals surface area contributed by atoms with E-state index in [0.29, 0.717) is 6.54 Å². The van der Waals surface area contributed by atoms with Gasteiger partial charge in [-0.05, 0) is 56.0 Å². The number of hydrogen-bond acceptors (Lipinski definition) is 3. The summed E-state index contributed by atoms with van der Waals surface area (Å²) in [6, 6.07) is 12.2. The first-order valence-corrected chi connectivity index (χ1v) is 10.4. The highest BCUT2D eigenvalue weighted by molar-refractivity contribution is 14.0. The van der Waals surface area contributed by atoms with Crippen LogP contribution in [0.4, 0.5) is 0 Å². The Morgan fingerprint density at radius 1 is 1.04 bits per heavy atom. The lowest BCUT2D eigenvalue weighted by Crippen LogP contribution is -2.36. The Hall–Kier alpha value is -1.61. The minimum absolute atomic E-state index is 0. The second kappa shape index (κ2) is 11.4. The Kier molecular flexibility index (Phi) is 9.24. The van der Waals surface area contributed by atoms with E-state index in [-0.39, 0.29) is 29.9 Å². The van der Waals surface area contributed by atoms with Crippen molar-refractivity contribution in [2.75, 3.05) is 20.1 Å². The molecule has 1 aromatic heterocycles. The molecule has 3 rings (SSSR count). The first kappa shape index (κ1) is 22.7. The van der Waals surface area contributed by atoms with Gasteiger partial charge in [-0.3, -0.25) is 9.79 Å². The molecule has 1 aromatic carbocycles. The summed E-state index contributed by atoms with van der Waals surface area (Å²) in [6.07, 6.45) is 3.46. The van der Waals surface area contributed by atoms with E-state index in [4.69, 9.17) is 0 Å². The number of carbonyl (C=O) groups excluding carboxylic acids is 1. The van der Waals surface area contributed by atoms with Crippen molar-refractivity contribution in [3.8, 4) is 0 Å². The van der Waals surface area contributed by atoms with Crippen molar-refractivity contribution in [1.82, 2.24) is 15.5 Å². The minimum Gasteiger partial charge on any atom is -0.352 e. The average molecular weight is 512 g/mol. The maximum atomic E-state index is 12.5. The van der Waals surface area contributed by atoms with Crippen molar-refractivity contribution in [2.24, 2.45) is 4.99 Å². The van der Waals surface area contributed by atoms with Crippen LogP contribution in [-0.4, -0.2) is 36.9 Å². The number of piperidine rings is 1. The normalized spacial score (nSPS) is 14.4. The van der Waals surface area contributed by atoms with Gasteiger partial charge < -0.3 is 15.5 Å². The molecule has 1 aliphatic heterocycles. The van der Waals surface area contributed by atoms with E-state index in [2.05, 4.69) is 34.7 Å². The Morgan fingerprint density at radius 3 is 2.32 bits per heavy atom. The molecule has 0 atom stereocenters. The van der Waals surface area contributed by atoms with Crippen LogP contribution in [0.15, 0.2) is 41.4 Å². The zero-order valence-corrected chi connectivity index (χ0v) is 19.7. The smallest absolute Gasteiger partial charge is 0.253 e. The van der Waals surface area contributed by atoms with E-state index in [1.807, 2.05) is 29.2 Å². The van der Waals surface area contributed by atoms with Gasteiger partial charge in [0.05, 0.1) is 6.54 Å². The molecule has 152 valence electrons. The Labute approximate surface area is 188 Å². The third-order valence-electron chi connectivity index (χ3n) is 4.75. The van der Waals surface area contributed by atoms with Gasteiger partial charge in [0.15, 0.2) is 5.96 Å². The minimum atomic E-state index is 0. The molecule has 0 saturated carbocycles. The number of thiophene rings is 1. The van der Waals surface area contributed by atoms with Crippen molar-refractivity contribution < 1.29 is 4.79 Å². The summed E-state index contributed by atoms with van der Waals surface area (Å²) in [5, 5.41) is 6.65. The SMILES string of the molecule is CN=C(NCc1ccc(C(=O)N2CCCCC2)cc1)NCc1ccc(C)s1.I. The van der Waals surface area contributed by atoms with Crippen molar-refractivity contribution in [3.63, 3.8) is 0 Å². The summed E-state index contributed by atoms with van der Waals surface area (Å²) in [4.78, 5) is 21.4. The lowest BCUT2D eigenvalue weighted by atomic mass is 10.1. The molecular formula is C21H29IN4OS. The van der Waals surface area contributed by atoms with Crippen LogP contribution in [0.3, 0.4) is 0 Å². The van der Waals surface area contributed by atoms with Gasteiger partial charge in [-0.1, -0.05) is 12.1 Å². The fourth-order valence-corrected chi connectivity index (χ4v) is 4.03. The molecule has 28 heavy (non-hydrogen) atoms. The topological polar surface area (TPSA) is 56.7 Å². The number of guanidine groups is 1. The number of aliphatic imine (C=N–C) groups is 1. The van der Waals surface area contributed by atoms with Crippen LogP contribution in [0, 0.1) is 6.92 Å². The Morgan fingerprint density at radius 2 is 1.71 bits per heavy atom. The first-order chi connectivity index (χ1) is 13.2. The quantitative estimate of drug-likeness (QED) is 0.360. The fourth-order valence-electron chi connectivity index (χ4n) is 3.20. The number of halogens is 1. The molecule has 2 aromatic rings. The lowest BCUT2D eigenvalue weighted by Gasteiger charge is -2.26. The van der Waals surface area contributed by atoms with E-state index in [0.717, 1.165) is 49.6 Å². The number of nitrogens with one attached hydrogen (secondary N) is 2. The summed E-state index contributed by atoms with van der Waals surface area (Å²) in [5.74, 6) is 0.924. The molecule has 5 nitrogen and oxygen atoms in total. The van der Waals surface area contributed by atoms with Gasteiger partial charge in [0.1, 0.15) is 0 Å². The molecule has 1 amide bonds. The van der Waals surface area contributed by atoms with Crippen LogP contribution in [0.1, 0.15) is 44.9 Å². The van der Waals surface area contributed by atoms with Crippen molar-refractivity contribution in [3.05, 3.63) is 57.3 Å². The van der Waals surface area contributed by atoms with Gasteiger partial charge in [-0.15, -0.1) is 35.3 Å². The predicted octanol–water partition coefficient (Wildman–Crippen LogP) is 4.17. The molecule has 1 aliphatic rings. The number of benzene rings is 1. The fraction of sp³-hybridized carbons (Fsp3) is 0.429. The molecular weight excluding hydrogens is 483 g/mol. The summed E-state index contributed by atoms with van der Waals surface area (Å²) >= 11 is 1.79. The second-order valence-corrected chi connectivity index (χ2v) is 8.21. The molecule has 1 saturated heterocycles. The highest BCUT2D eigenvalue weighted by atomic mass is 127. The van der Waals surface area contributed by atoms with Crippen LogP contribution in [0.5, 0.6) is 0 Å². The van der Waals surface area contributed by atoms with Crippen molar-refractivity contribution >= 4 is 47.2 Å². The highest BCUT2D eigenvalue weighted by Gasteiger charge is 2.17. The molecule has 7 heteroatoms. The summed E-state index contributed by atoms with van der Waals surface area (Å²) in [5.41, 5.74) is 1.90. The summed E-state index contributed by atoms with van der Waals surface area (Å²) in [7, 11) is 1.77. The zero-order chi connectivity index (χ0) is 19.1. The summed E-state index contributed by atoms with van der Waals surface area (Å²) < 4.78 is 0. The van der Waals surface area contributed by atoms with Crippen molar-refractivity contribution in [1.29, 1.82) is 0 Å². The molecule has 0 spiro atoms. The Bertz CT molecular complexity index is 782. The van der Waals surface area contributed by atoms with Crippen LogP contribution in [0.2, 0.25) is 0 Å². The van der Waals surface area contributed by atoms with Crippen LogP contribution in [0.25, 0.3) is 0 Å². The third-order valence-corrected chi connectivity index (χ3v) is 5.75. The maximum Gasteiger partial charge on any atom is 0.253 e. The van der Waals surface area contributed by atoms with Gasteiger partial charge in [-0.2, -0.15) is 0 Å². The lowest BCUT2D eigenvalue weighted by molar-refractivity contribution is 0.0724. The third kappa shape index (κ3) is 6.48. The maximum absolute atomic E-state index is 12.5. The van der Waals surface area contributed by atoms with Gasteiger partial charge in [0.2, 0.25) is 0 Å². The Balaban J connectivity index is 0.00000280. The predicted molar refractivity (Wildman–Crippen MR) is 128 cm³/mol. The monoisotopic (exact) mass is 512 g/mol. The van der Waals surface area contributed by atoms with Gasteiger partial charge in [-0.25, -0.2) is 0 Å². The van der Waals surface area contributed by atoms with Gasteiger partial charge in [0, 0.05) is 42.0 Å². The van der Waals surface area contributed by atoms with E-state index < -0.39 is 0 Å². The molecule has 0 bridgehead atoms. The molecule has 0 aliphatic carbocycles. The van der Waals surface area contributed by atoms with Crippen molar-refractivity contribution in [2.45, 2.75) is 39.3 Å². The number of likely N-dealkylation sites (tertiary alicyclic amines) is 1. The van der Waals surface area contributed by atoms with E-state index in [9.17, 15) is 4.79 Å². The number of rotatable bonds is 5. The summed E-state index contributed by atoms with van der Waals surface area (Å²) in [6.45, 7) is 5.31. The van der Waals surface area contributed by atoms with E-state index in [1.165, 1.54) is 16.2 Å². The number of hydrogen-bond donors (Lipinski definition) is 2. The molecule has 2 N–H and O–H groups in total. The van der Waals surface area contributed by atoms with Gasteiger partial charge in [0.25, 0.3) is 5.91 Å². The molecule has 1 fully saturated rings. The first-order valence-electron chi connectivity index (χ1n) is 9.54. The van der Waals surface area contributed by atoms with Gasteiger partial charge >= 0.3 is 0 Å². The second-order valence-electron chi connectivity index (χ2n) is 6.84. The standard InChI is InChI=1S/C21H28N4OS.HI/c1-16-6-11-19(27-16)15-24-21(22-2)23-14-17-7-9-18(10-8-17)20(26)25-12-4-3-5-13-25;/h6-11H,3-5,12-15H2,1-2H3,(H2,22,23,24);1H.